The zero-order valence-electron chi connectivity index (χ0n) is 21.2. The Balaban J connectivity index is 1.38. The summed E-state index contributed by atoms with van der Waals surface area (Å²) in [6.45, 7) is 0.786. The van der Waals surface area contributed by atoms with E-state index in [2.05, 4.69) is 20.1 Å². The molecule has 2 aliphatic rings. The molecule has 2 fully saturated rings. The van der Waals surface area contributed by atoms with E-state index in [1.165, 1.54) is 25.3 Å². The molecule has 6 unspecified atom stereocenters. The molecule has 14 heteroatoms. The molecule has 1 aliphatic carbocycles. The van der Waals surface area contributed by atoms with Crippen LogP contribution in [0.15, 0.2) is 33.5 Å². The van der Waals surface area contributed by atoms with E-state index in [9.17, 15) is 34.5 Å². The molecule has 212 valence electrons. The Morgan fingerprint density at radius 3 is 2.44 bits per heavy atom. The number of aliphatic hydroxyl groups is 3. The second kappa shape index (κ2) is 11.6. The van der Waals surface area contributed by atoms with Gasteiger partial charge in [0.2, 0.25) is 12.2 Å². The van der Waals surface area contributed by atoms with Crippen molar-refractivity contribution in [3.63, 3.8) is 0 Å². The van der Waals surface area contributed by atoms with Crippen molar-refractivity contribution in [1.82, 2.24) is 10.6 Å². The SMILES string of the molecule is COC(=O)NCCCCNC(=O)Cc1cc(=O)oc2cc(OC3OC4(O)C(C(=O)OC)C(O)C4C3O)ccc12. The number of fused-ring (bicyclic) bond motifs is 2. The fourth-order valence-corrected chi connectivity index (χ4v) is 4.88. The van der Waals surface area contributed by atoms with Gasteiger partial charge in [0.05, 0.1) is 32.7 Å². The van der Waals surface area contributed by atoms with E-state index in [1.54, 1.807) is 6.07 Å². The number of hydrogen-bond acceptors (Lipinski definition) is 12. The van der Waals surface area contributed by atoms with Crippen LogP contribution in [0.1, 0.15) is 18.4 Å². The minimum absolute atomic E-state index is 0.0886. The standard InChI is InChI=1S/C25H30N2O12/c1-35-22(32)19-20(30)18-21(31)23(39-25(18,19)34)37-13-5-6-14-12(10-17(29)38-15(14)11-13)9-16(28)26-7-3-4-8-27-24(33)36-2/h5-6,10-11,18-21,23,30-31,34H,3-4,7-9H2,1-2H3,(H,26,28)(H,27,33). The minimum atomic E-state index is -2.17. The van der Waals surface area contributed by atoms with Crippen LogP contribution in [-0.4, -0.2) is 84.9 Å². The topological polar surface area (TPSA) is 203 Å². The quantitative estimate of drug-likeness (QED) is 0.140. The number of ether oxygens (including phenoxy) is 4. The average Bonchev–Trinajstić information content (AvgIpc) is 3.10. The lowest BCUT2D eigenvalue weighted by Crippen LogP contribution is -2.68. The van der Waals surface area contributed by atoms with Crippen molar-refractivity contribution in [2.24, 2.45) is 11.8 Å². The molecular weight excluding hydrogens is 520 g/mol. The Hall–Kier alpha value is -3.72. The van der Waals surface area contributed by atoms with Crippen LogP contribution in [0.4, 0.5) is 4.79 Å². The molecule has 1 aromatic heterocycles. The second-order valence-corrected chi connectivity index (χ2v) is 9.26. The first-order valence-electron chi connectivity index (χ1n) is 12.2. The van der Waals surface area contributed by atoms with E-state index in [0.717, 1.165) is 7.11 Å². The molecular formula is C25H30N2O12. The summed E-state index contributed by atoms with van der Waals surface area (Å²) in [6, 6.07) is 5.63. The number of esters is 1. The monoisotopic (exact) mass is 550 g/mol. The van der Waals surface area contributed by atoms with Gasteiger partial charge >= 0.3 is 17.7 Å². The normalized spacial score (nSPS) is 27.3. The van der Waals surface area contributed by atoms with Crippen molar-refractivity contribution >= 4 is 28.9 Å². The molecule has 2 heterocycles. The largest absolute Gasteiger partial charge is 0.469 e. The van der Waals surface area contributed by atoms with E-state index >= 15 is 0 Å². The van der Waals surface area contributed by atoms with Crippen molar-refractivity contribution in [3.05, 3.63) is 40.2 Å². The zero-order chi connectivity index (χ0) is 28.3. The Labute approximate surface area is 221 Å². The van der Waals surface area contributed by atoms with Crippen LogP contribution in [0.25, 0.3) is 11.0 Å². The molecule has 0 spiro atoms. The van der Waals surface area contributed by atoms with Gasteiger partial charge < -0.3 is 49.3 Å². The maximum absolute atomic E-state index is 12.4. The summed E-state index contributed by atoms with van der Waals surface area (Å²) in [7, 11) is 2.37. The van der Waals surface area contributed by atoms with Crippen LogP contribution < -0.4 is 21.0 Å². The lowest BCUT2D eigenvalue weighted by molar-refractivity contribution is -0.337. The number of aliphatic hydroxyl groups excluding tert-OH is 2. The van der Waals surface area contributed by atoms with Crippen LogP contribution in [0.5, 0.6) is 5.75 Å². The maximum Gasteiger partial charge on any atom is 0.406 e. The van der Waals surface area contributed by atoms with E-state index in [1.807, 2.05) is 0 Å². The van der Waals surface area contributed by atoms with Gasteiger partial charge in [0.25, 0.3) is 0 Å². The zero-order valence-corrected chi connectivity index (χ0v) is 21.2. The Morgan fingerprint density at radius 2 is 1.74 bits per heavy atom. The van der Waals surface area contributed by atoms with Crippen LogP contribution in [0, 0.1) is 11.8 Å². The first-order chi connectivity index (χ1) is 18.6. The number of carbonyl (C=O) groups excluding carboxylic acids is 3. The number of unbranched alkanes of at least 4 members (excludes halogenated alkanes) is 1. The second-order valence-electron chi connectivity index (χ2n) is 9.26. The van der Waals surface area contributed by atoms with E-state index in [0.29, 0.717) is 36.9 Å². The van der Waals surface area contributed by atoms with Crippen molar-refractivity contribution < 1.29 is 53.1 Å². The van der Waals surface area contributed by atoms with Crippen LogP contribution >= 0.6 is 0 Å². The Morgan fingerprint density at radius 1 is 1.03 bits per heavy atom. The van der Waals surface area contributed by atoms with Crippen molar-refractivity contribution in [1.29, 1.82) is 0 Å². The highest BCUT2D eigenvalue weighted by Gasteiger charge is 2.74. The summed E-state index contributed by atoms with van der Waals surface area (Å²) in [5.74, 6) is -5.87. The minimum Gasteiger partial charge on any atom is -0.469 e. The summed E-state index contributed by atoms with van der Waals surface area (Å²) in [5.41, 5.74) is -0.158. The highest BCUT2D eigenvalue weighted by molar-refractivity contribution is 5.87. The van der Waals surface area contributed by atoms with Crippen LogP contribution in [0.2, 0.25) is 0 Å². The van der Waals surface area contributed by atoms with Crippen molar-refractivity contribution in [3.8, 4) is 5.75 Å². The summed E-state index contributed by atoms with van der Waals surface area (Å²) in [4.78, 5) is 47.5. The van der Waals surface area contributed by atoms with Crippen LogP contribution in [0.3, 0.4) is 0 Å². The van der Waals surface area contributed by atoms with Gasteiger partial charge in [-0.2, -0.15) is 0 Å². The van der Waals surface area contributed by atoms with Gasteiger partial charge in [-0.1, -0.05) is 0 Å². The number of hydrogen-bond donors (Lipinski definition) is 5. The van der Waals surface area contributed by atoms with Crippen molar-refractivity contribution in [2.75, 3.05) is 27.3 Å². The lowest BCUT2D eigenvalue weighted by Gasteiger charge is -2.48. The smallest absolute Gasteiger partial charge is 0.406 e. The highest BCUT2D eigenvalue weighted by Crippen LogP contribution is 2.54. The number of rotatable bonds is 10. The molecule has 1 saturated carbocycles. The first-order valence-corrected chi connectivity index (χ1v) is 12.2. The number of methoxy groups -OCH3 is 2. The first kappa shape index (κ1) is 28.3. The Bertz CT molecular complexity index is 1300. The number of benzene rings is 1. The van der Waals surface area contributed by atoms with Gasteiger partial charge in [-0.15, -0.1) is 0 Å². The molecule has 39 heavy (non-hydrogen) atoms. The number of amides is 2. The molecule has 0 radical (unpaired) electrons. The molecule has 2 aromatic rings. The highest BCUT2D eigenvalue weighted by atomic mass is 16.8. The number of nitrogens with one attached hydrogen (secondary N) is 2. The van der Waals surface area contributed by atoms with E-state index < -0.39 is 53.8 Å². The van der Waals surface area contributed by atoms with Gasteiger partial charge in [-0.05, 0) is 30.5 Å². The van der Waals surface area contributed by atoms with Crippen LogP contribution in [-0.2, 0) is 30.2 Å². The van der Waals surface area contributed by atoms with Crippen molar-refractivity contribution in [2.45, 2.75) is 43.5 Å². The number of carbonyl (C=O) groups is 3. The summed E-state index contributed by atoms with van der Waals surface area (Å²) in [5, 5.41) is 37.3. The molecule has 0 bridgehead atoms. The van der Waals surface area contributed by atoms with Gasteiger partial charge in [0.1, 0.15) is 23.4 Å². The van der Waals surface area contributed by atoms with Gasteiger partial charge in [-0.25, -0.2) is 9.59 Å². The third kappa shape index (κ3) is 5.68. The maximum atomic E-state index is 12.4. The molecule has 1 aromatic carbocycles. The molecule has 4 rings (SSSR count). The van der Waals surface area contributed by atoms with Gasteiger partial charge in [0.15, 0.2) is 5.79 Å². The predicted molar refractivity (Wildman–Crippen MR) is 130 cm³/mol. The molecule has 14 nitrogen and oxygen atoms in total. The third-order valence-electron chi connectivity index (χ3n) is 6.82. The molecule has 5 N–H and O–H groups in total. The van der Waals surface area contributed by atoms with E-state index in [-0.39, 0.29) is 23.7 Å². The van der Waals surface area contributed by atoms with Gasteiger partial charge in [-0.3, -0.25) is 9.59 Å². The van der Waals surface area contributed by atoms with E-state index in [4.69, 9.17) is 13.9 Å². The molecule has 2 amide bonds. The molecule has 1 aliphatic heterocycles. The van der Waals surface area contributed by atoms with Gasteiger partial charge in [0, 0.05) is 30.6 Å². The molecule has 1 saturated heterocycles. The lowest BCUT2D eigenvalue weighted by atomic mass is 9.64. The fraction of sp³-hybridized carbons (Fsp3) is 0.520. The summed E-state index contributed by atoms with van der Waals surface area (Å²) < 4.78 is 25.4. The average molecular weight is 551 g/mol. The summed E-state index contributed by atoms with van der Waals surface area (Å²) in [6.07, 6.45) is -3.66. The predicted octanol–water partition coefficient (Wildman–Crippen LogP) is -0.848. The Kier molecular flexibility index (Phi) is 8.39. The summed E-state index contributed by atoms with van der Waals surface area (Å²) >= 11 is 0. The fourth-order valence-electron chi connectivity index (χ4n) is 4.88. The number of alkyl carbamates (subject to hydrolysis) is 1. The third-order valence-corrected chi connectivity index (χ3v) is 6.82. The molecule has 6 atom stereocenters.